The maximum atomic E-state index is 12.5. The molecule has 1 aromatic heterocycles. The number of ketones is 1. The van der Waals surface area contributed by atoms with Crippen molar-refractivity contribution in [3.63, 3.8) is 0 Å². The van der Waals surface area contributed by atoms with Crippen molar-refractivity contribution < 1.29 is 45.3 Å². The van der Waals surface area contributed by atoms with Crippen LogP contribution in [-0.4, -0.2) is 45.6 Å². The Hall–Kier alpha value is -9.73. The average Bonchev–Trinajstić information content (AvgIpc) is 3.26. The predicted molar refractivity (Wildman–Crippen MR) is 247 cm³/mol. The highest BCUT2D eigenvalue weighted by Crippen LogP contribution is 2.20. The molecule has 15 nitrogen and oxygen atoms in total. The lowest BCUT2D eigenvalue weighted by Crippen LogP contribution is -2.49. The van der Waals surface area contributed by atoms with Crippen molar-refractivity contribution in [2.24, 2.45) is 27.2 Å². The molecule has 0 unspecified atom stereocenters. The third kappa shape index (κ3) is 23.1. The summed E-state index contributed by atoms with van der Waals surface area (Å²) in [4.78, 5) is 31.7. The number of nitrogens with two attached hydrogens (primary N) is 3. The smallest absolute Gasteiger partial charge is 0.241 e. The Morgan fingerprint density at radius 1 is 0.867 bits per heavy atom. The van der Waals surface area contributed by atoms with Crippen molar-refractivity contribution in [3.05, 3.63) is 71.6 Å². The van der Waals surface area contributed by atoms with Crippen molar-refractivity contribution >= 4 is 28.3 Å². The number of Topliss-reactive ketones (excluding diaryl/α,β-unsaturated/α-hetero) is 1. The van der Waals surface area contributed by atoms with Gasteiger partial charge in [-0.1, -0.05) is 36.4 Å². The first-order chi connectivity index (χ1) is 29.2. The molecule has 0 bridgehead atoms. The molecule has 3 aromatic rings. The zero-order chi connectivity index (χ0) is 44.1. The van der Waals surface area contributed by atoms with Gasteiger partial charge in [-0.15, -0.1) is 12.8 Å². The van der Waals surface area contributed by atoms with Gasteiger partial charge in [0.15, 0.2) is 5.78 Å². The first-order valence-corrected chi connectivity index (χ1v) is 16.6. The van der Waals surface area contributed by atoms with Gasteiger partial charge in [0.25, 0.3) is 0 Å². The van der Waals surface area contributed by atoms with Crippen molar-refractivity contribution in [2.75, 3.05) is 12.3 Å². The number of ether oxygens (including phenoxy) is 1. The van der Waals surface area contributed by atoms with E-state index in [0.29, 0.717) is 24.4 Å². The van der Waals surface area contributed by atoms with Crippen molar-refractivity contribution in [1.82, 2.24) is 10.3 Å². The highest BCUT2D eigenvalue weighted by atomic mass is 17.2. The van der Waals surface area contributed by atoms with Crippen LogP contribution in [0.4, 0.5) is 5.82 Å². The lowest BCUT2D eigenvalue weighted by molar-refractivity contribution is -0.873. The maximum absolute atomic E-state index is 12.5. The van der Waals surface area contributed by atoms with E-state index in [9.17, 15) is 14.8 Å². The van der Waals surface area contributed by atoms with E-state index >= 15 is 0 Å². The monoisotopic (exact) mass is 815 g/mol. The molecule has 0 radical (unpaired) electrons. The Kier molecular flexibility index (Phi) is 25.4. The number of anilines is 1. The summed E-state index contributed by atoms with van der Waals surface area (Å²) in [6.07, 6.45) is 12.3. The lowest BCUT2D eigenvalue weighted by atomic mass is 10.0. The molecular formula is C45H53N9O6. The number of hydrogen-bond acceptors (Lipinski definition) is 10. The molecule has 2 aromatic carbocycles. The minimum absolute atomic E-state index is 0. The number of nitrogens with one attached hydrogen (secondary N) is 1. The lowest BCUT2D eigenvalue weighted by Gasteiger charge is -2.17. The topological polar surface area (TPSA) is 239 Å². The molecule has 1 amide bonds. The standard InChI is InChI=1S/C23H26N4O3.C22H2.H3N5O3.11H2/c1-15(27-23(29)20(24)14-30-18-5-3-2-4-6-18)21(28)10-8-16-7-9-19-17(13-16)11-12-26-22(19)25;1-3-5-7-9-11-13-15-17-19-21-22-20-18-16-14-12-10-8-6-4-2;1-2-3-4-5(6)8-7;;;;;;;;;;;/h2-7,9,11-13,15,20H,8,10,14,24H2,1H3,(H2,25,26)(H,27,29);1-2H;7H,(H2,1,3);11*1H/t15-,20+;;;;;;;;;;;;;/m0............./s1. The van der Waals surface area contributed by atoms with Gasteiger partial charge in [-0.2, -0.15) is 0 Å². The van der Waals surface area contributed by atoms with Gasteiger partial charge in [0, 0.05) is 57.4 Å². The summed E-state index contributed by atoms with van der Waals surface area (Å²) < 4.78 is 5.50. The summed E-state index contributed by atoms with van der Waals surface area (Å²) >= 11 is 0. The molecule has 2 atom stereocenters. The van der Waals surface area contributed by atoms with E-state index in [1.54, 1.807) is 25.3 Å². The van der Waals surface area contributed by atoms with Crippen LogP contribution < -0.4 is 27.4 Å². The number of terminal acetylenes is 2. The Morgan fingerprint density at radius 3 is 1.87 bits per heavy atom. The van der Waals surface area contributed by atoms with E-state index in [1.807, 2.05) is 42.5 Å². The zero-order valence-corrected chi connectivity index (χ0v) is 31.7. The van der Waals surface area contributed by atoms with Crippen molar-refractivity contribution in [1.29, 1.82) is 0 Å². The van der Waals surface area contributed by atoms with Crippen LogP contribution in [-0.2, 0) is 21.0 Å². The minimum Gasteiger partial charge on any atom is -0.491 e. The number of nitrogen functional groups attached to an aromatic ring is 1. The minimum atomic E-state index is -0.861. The Labute approximate surface area is 363 Å². The summed E-state index contributed by atoms with van der Waals surface area (Å²) in [6.45, 7) is 1.70. The Balaban J connectivity index is -0.0000000880. The molecule has 8 N–H and O–H groups in total. The molecule has 0 saturated heterocycles. The average molecular weight is 816 g/mol. The summed E-state index contributed by atoms with van der Waals surface area (Å²) in [6, 6.07) is 15.4. The fraction of sp³-hybridized carbons (Fsp3) is 0.133. The summed E-state index contributed by atoms with van der Waals surface area (Å²) in [5, 5.41) is 28.7. The van der Waals surface area contributed by atoms with Gasteiger partial charge in [0.1, 0.15) is 24.2 Å². The van der Waals surface area contributed by atoms with E-state index in [1.165, 1.54) is 0 Å². The second-order valence-electron chi connectivity index (χ2n) is 10.3. The maximum Gasteiger partial charge on any atom is 0.241 e. The third-order valence-electron chi connectivity index (χ3n) is 6.31. The number of para-hydroxylation sites is 1. The number of fused-ring (bicyclic) bond motifs is 1. The van der Waals surface area contributed by atoms with E-state index in [4.69, 9.17) is 34.3 Å². The molecule has 0 aliphatic heterocycles. The molecule has 314 valence electrons. The van der Waals surface area contributed by atoms with Gasteiger partial charge in [-0.05, 0) is 137 Å². The second-order valence-corrected chi connectivity index (χ2v) is 10.3. The molecule has 3 rings (SSSR count). The van der Waals surface area contributed by atoms with E-state index in [-0.39, 0.29) is 28.1 Å². The predicted octanol–water partition coefficient (Wildman–Crippen LogP) is 4.81. The number of pyridine rings is 1. The van der Waals surface area contributed by atoms with Crippen LogP contribution >= 0.6 is 0 Å². The number of nitrogens with zero attached hydrogens (tertiary/aromatic N) is 5. The number of aromatic nitrogens is 1. The first-order valence-electron chi connectivity index (χ1n) is 16.6. The molecule has 60 heavy (non-hydrogen) atoms. The van der Waals surface area contributed by atoms with Gasteiger partial charge in [-0.25, -0.2) is 4.98 Å². The number of carbonyl (C=O) groups excluding carboxylic acids is 2. The van der Waals surface area contributed by atoms with Crippen LogP contribution in [0.1, 0.15) is 34.6 Å². The van der Waals surface area contributed by atoms with Gasteiger partial charge >= 0.3 is 0 Å². The van der Waals surface area contributed by atoms with Crippen LogP contribution in [0.5, 0.6) is 5.75 Å². The number of rotatable bonds is 11. The molecule has 0 aliphatic carbocycles. The van der Waals surface area contributed by atoms with E-state index < -0.39 is 23.0 Å². The highest BCUT2D eigenvalue weighted by molar-refractivity contribution is 5.92. The third-order valence-corrected chi connectivity index (χ3v) is 6.31. The molecule has 0 spiro atoms. The quantitative estimate of drug-likeness (QED) is 0.0582. The van der Waals surface area contributed by atoms with E-state index in [0.717, 1.165) is 16.3 Å². The molecule has 0 saturated carbocycles. The molecule has 0 aliphatic rings. The SMILES string of the molecule is C#CC#CC#CC#CC#CC#CC#CC#CC#CC#CC#C.C[C@H](NC(=O)[C@H](N)COc1ccccc1)C(=O)CCc1ccc2c(N)nccc2c1.NN=NN=[N+]([O-])OO.[HH].[HH].[HH].[HH].[HH].[HH].[HH].[HH].[HH].[HH].[HH]. The van der Waals surface area contributed by atoms with Gasteiger partial charge < -0.3 is 31.7 Å². The first kappa shape index (κ1) is 48.3. The van der Waals surface area contributed by atoms with Gasteiger partial charge in [0.2, 0.25) is 16.4 Å². The Morgan fingerprint density at radius 2 is 1.38 bits per heavy atom. The van der Waals surface area contributed by atoms with Gasteiger partial charge in [0.05, 0.1) is 16.3 Å². The van der Waals surface area contributed by atoms with Crippen LogP contribution in [0.3, 0.4) is 0 Å². The second kappa shape index (κ2) is 31.6. The van der Waals surface area contributed by atoms with Crippen LogP contribution in [0, 0.1) is 136 Å². The number of amides is 1. The molecule has 1 heterocycles. The van der Waals surface area contributed by atoms with Crippen LogP contribution in [0.25, 0.3) is 10.8 Å². The fourth-order valence-corrected chi connectivity index (χ4v) is 3.71. The summed E-state index contributed by atoms with van der Waals surface area (Å²) in [5.74, 6) is 53.2. The van der Waals surface area contributed by atoms with Crippen LogP contribution in [0.2, 0.25) is 0 Å². The number of carbonyl (C=O) groups is 2. The van der Waals surface area contributed by atoms with Gasteiger partial charge in [-0.3, -0.25) is 20.7 Å². The fourth-order valence-electron chi connectivity index (χ4n) is 3.71. The van der Waals surface area contributed by atoms with E-state index in [2.05, 4.69) is 155 Å². The number of aryl methyl sites for hydroxylation is 1. The summed E-state index contributed by atoms with van der Waals surface area (Å²) in [7, 11) is 0. The molecular weight excluding hydrogens is 763 g/mol. The van der Waals surface area contributed by atoms with Crippen LogP contribution in [0.15, 0.2) is 76.5 Å². The normalized spacial score (nSPS) is 9.45. The highest BCUT2D eigenvalue weighted by Gasteiger charge is 2.20. The largest absolute Gasteiger partial charge is 0.491 e. The molecule has 15 heteroatoms. The Bertz CT molecular complexity index is 2670. The summed E-state index contributed by atoms with van der Waals surface area (Å²) in [5.41, 5.74) is 12.8. The van der Waals surface area contributed by atoms with Crippen molar-refractivity contribution in [3.8, 4) is 137 Å². The number of benzene rings is 2. The molecule has 0 fully saturated rings. The zero-order valence-electron chi connectivity index (χ0n) is 31.7. The van der Waals surface area contributed by atoms with Crippen molar-refractivity contribution in [2.45, 2.75) is 31.8 Å². The number of hydrogen-bond donors (Lipinski definition) is 5.